The second kappa shape index (κ2) is 6.66. The van der Waals surface area contributed by atoms with Crippen molar-refractivity contribution in [3.05, 3.63) is 84.4 Å². The predicted octanol–water partition coefficient (Wildman–Crippen LogP) is 4.27. The molecule has 3 aromatic carbocycles. The first-order valence-corrected chi connectivity index (χ1v) is 7.20. The molecule has 0 aliphatic carbocycles. The highest BCUT2D eigenvalue weighted by Gasteiger charge is 2.06. The van der Waals surface area contributed by atoms with Gasteiger partial charge in [0.15, 0.2) is 11.5 Å². The number of aromatic hydroxyl groups is 2. The summed E-state index contributed by atoms with van der Waals surface area (Å²) in [7, 11) is 0. The van der Waals surface area contributed by atoms with E-state index in [0.717, 1.165) is 11.4 Å². The first-order chi connectivity index (χ1) is 11.2. The number of anilines is 2. The van der Waals surface area contributed by atoms with Crippen LogP contribution in [0.15, 0.2) is 84.0 Å². The summed E-state index contributed by atoms with van der Waals surface area (Å²) < 4.78 is 0. The number of hydrazone groups is 1. The highest BCUT2D eigenvalue weighted by Crippen LogP contribution is 2.26. The Bertz CT molecular complexity index is 763. The Morgan fingerprint density at radius 3 is 1.78 bits per heavy atom. The summed E-state index contributed by atoms with van der Waals surface area (Å²) >= 11 is 0. The van der Waals surface area contributed by atoms with Crippen molar-refractivity contribution in [3.8, 4) is 11.5 Å². The van der Waals surface area contributed by atoms with E-state index in [4.69, 9.17) is 0 Å². The molecule has 0 radical (unpaired) electrons. The molecule has 114 valence electrons. The van der Waals surface area contributed by atoms with Crippen LogP contribution in [0.3, 0.4) is 0 Å². The van der Waals surface area contributed by atoms with Crippen LogP contribution < -0.4 is 5.01 Å². The average molecular weight is 304 g/mol. The zero-order valence-electron chi connectivity index (χ0n) is 12.4. The highest BCUT2D eigenvalue weighted by atomic mass is 16.3. The molecule has 0 bridgehead atoms. The van der Waals surface area contributed by atoms with Crippen LogP contribution in [0.25, 0.3) is 0 Å². The maximum Gasteiger partial charge on any atom is 0.158 e. The van der Waals surface area contributed by atoms with E-state index in [-0.39, 0.29) is 11.5 Å². The van der Waals surface area contributed by atoms with Crippen molar-refractivity contribution in [1.82, 2.24) is 0 Å². The Hall–Kier alpha value is -3.27. The van der Waals surface area contributed by atoms with Gasteiger partial charge >= 0.3 is 0 Å². The van der Waals surface area contributed by atoms with Crippen LogP contribution in [0.2, 0.25) is 0 Å². The van der Waals surface area contributed by atoms with Gasteiger partial charge in [-0.05, 0) is 48.0 Å². The lowest BCUT2D eigenvalue weighted by Gasteiger charge is -2.19. The molecule has 3 rings (SSSR count). The van der Waals surface area contributed by atoms with Gasteiger partial charge in [0, 0.05) is 0 Å². The summed E-state index contributed by atoms with van der Waals surface area (Å²) in [5.41, 5.74) is 2.55. The van der Waals surface area contributed by atoms with Crippen molar-refractivity contribution in [2.45, 2.75) is 0 Å². The molecule has 0 aliphatic rings. The summed E-state index contributed by atoms with van der Waals surface area (Å²) in [6.07, 6.45) is 1.64. The molecule has 0 saturated heterocycles. The third kappa shape index (κ3) is 3.49. The van der Waals surface area contributed by atoms with Crippen LogP contribution in [0.5, 0.6) is 11.5 Å². The number of para-hydroxylation sites is 2. The minimum atomic E-state index is -0.167. The predicted molar refractivity (Wildman–Crippen MR) is 92.4 cm³/mol. The van der Waals surface area contributed by atoms with Crippen LogP contribution in [0.1, 0.15) is 5.56 Å². The SMILES string of the molecule is Oc1ccc(/C=N\N(c2ccccc2)c2ccccc2)cc1O. The molecule has 0 spiro atoms. The minimum absolute atomic E-state index is 0.148. The third-order valence-electron chi connectivity index (χ3n) is 3.32. The molecule has 0 amide bonds. The first-order valence-electron chi connectivity index (χ1n) is 7.20. The highest BCUT2D eigenvalue weighted by molar-refractivity contribution is 5.82. The number of hydrogen-bond donors (Lipinski definition) is 2. The Kier molecular flexibility index (Phi) is 4.25. The molecule has 23 heavy (non-hydrogen) atoms. The third-order valence-corrected chi connectivity index (χ3v) is 3.32. The van der Waals surface area contributed by atoms with E-state index in [2.05, 4.69) is 5.10 Å². The van der Waals surface area contributed by atoms with Gasteiger partial charge < -0.3 is 10.2 Å². The lowest BCUT2D eigenvalue weighted by atomic mass is 10.2. The topological polar surface area (TPSA) is 56.1 Å². The lowest BCUT2D eigenvalue weighted by molar-refractivity contribution is 0.403. The van der Waals surface area contributed by atoms with Crippen molar-refractivity contribution in [1.29, 1.82) is 0 Å². The molecule has 0 saturated carbocycles. The average Bonchev–Trinajstić information content (AvgIpc) is 2.60. The van der Waals surface area contributed by atoms with Gasteiger partial charge in [-0.2, -0.15) is 5.10 Å². The summed E-state index contributed by atoms with van der Waals surface area (Å²) in [4.78, 5) is 0. The summed E-state index contributed by atoms with van der Waals surface area (Å²) in [6.45, 7) is 0. The van der Waals surface area contributed by atoms with E-state index in [1.54, 1.807) is 12.3 Å². The second-order valence-electron chi connectivity index (χ2n) is 4.98. The number of benzene rings is 3. The maximum atomic E-state index is 9.57. The van der Waals surface area contributed by atoms with Gasteiger partial charge in [-0.25, -0.2) is 5.01 Å². The zero-order valence-corrected chi connectivity index (χ0v) is 12.4. The van der Waals surface area contributed by atoms with Crippen molar-refractivity contribution >= 4 is 17.6 Å². The first kappa shape index (κ1) is 14.7. The normalized spacial score (nSPS) is 10.8. The largest absolute Gasteiger partial charge is 0.504 e. The molecule has 4 heteroatoms. The van der Waals surface area contributed by atoms with Crippen LogP contribution in [-0.2, 0) is 0 Å². The number of phenolic OH excluding ortho intramolecular Hbond substituents is 2. The summed E-state index contributed by atoms with van der Waals surface area (Å²) in [5.74, 6) is -0.315. The Morgan fingerprint density at radius 2 is 1.26 bits per heavy atom. The van der Waals surface area contributed by atoms with Gasteiger partial charge in [-0.3, -0.25) is 0 Å². The van der Waals surface area contributed by atoms with Crippen LogP contribution >= 0.6 is 0 Å². The Labute approximate surface area is 134 Å². The second-order valence-corrected chi connectivity index (χ2v) is 4.98. The van der Waals surface area contributed by atoms with Crippen molar-refractivity contribution in [2.24, 2.45) is 5.10 Å². The minimum Gasteiger partial charge on any atom is -0.504 e. The maximum absolute atomic E-state index is 9.57. The lowest BCUT2D eigenvalue weighted by Crippen LogP contribution is -2.09. The fraction of sp³-hybridized carbons (Fsp3) is 0. The molecular formula is C19H16N2O2. The van der Waals surface area contributed by atoms with E-state index < -0.39 is 0 Å². The monoisotopic (exact) mass is 304 g/mol. The van der Waals surface area contributed by atoms with Crippen LogP contribution in [0, 0.1) is 0 Å². The van der Waals surface area contributed by atoms with Crippen molar-refractivity contribution in [3.63, 3.8) is 0 Å². The molecule has 0 aliphatic heterocycles. The van der Waals surface area contributed by atoms with Crippen molar-refractivity contribution in [2.75, 3.05) is 5.01 Å². The van der Waals surface area contributed by atoms with Gasteiger partial charge in [-0.1, -0.05) is 36.4 Å². The molecule has 0 atom stereocenters. The fourth-order valence-corrected chi connectivity index (χ4v) is 2.17. The molecule has 2 N–H and O–H groups in total. The fourth-order valence-electron chi connectivity index (χ4n) is 2.17. The van der Waals surface area contributed by atoms with Gasteiger partial charge in [0.05, 0.1) is 17.6 Å². The number of hydrogen-bond acceptors (Lipinski definition) is 4. The molecule has 0 aromatic heterocycles. The van der Waals surface area contributed by atoms with E-state index in [1.165, 1.54) is 12.1 Å². The van der Waals surface area contributed by atoms with Gasteiger partial charge in [0.1, 0.15) is 0 Å². The smallest absolute Gasteiger partial charge is 0.158 e. The number of phenols is 2. The van der Waals surface area contributed by atoms with Gasteiger partial charge in [-0.15, -0.1) is 0 Å². The quantitative estimate of drug-likeness (QED) is 0.430. The zero-order chi connectivity index (χ0) is 16.1. The van der Waals surface area contributed by atoms with Crippen molar-refractivity contribution < 1.29 is 10.2 Å². The molecule has 3 aromatic rings. The summed E-state index contributed by atoms with van der Waals surface area (Å²) in [5, 5.41) is 25.3. The van der Waals surface area contributed by atoms with Crippen LogP contribution in [-0.4, -0.2) is 16.4 Å². The summed E-state index contributed by atoms with van der Waals surface area (Å²) in [6, 6.07) is 24.2. The molecular weight excluding hydrogens is 288 g/mol. The number of nitrogens with zero attached hydrogens (tertiary/aromatic N) is 2. The van der Waals surface area contributed by atoms with E-state index in [9.17, 15) is 10.2 Å². The van der Waals surface area contributed by atoms with E-state index in [0.29, 0.717) is 5.56 Å². The van der Waals surface area contributed by atoms with E-state index in [1.807, 2.05) is 65.7 Å². The van der Waals surface area contributed by atoms with Gasteiger partial charge in [0.2, 0.25) is 0 Å². The van der Waals surface area contributed by atoms with Crippen LogP contribution in [0.4, 0.5) is 11.4 Å². The van der Waals surface area contributed by atoms with E-state index >= 15 is 0 Å². The Balaban J connectivity index is 1.96. The standard InChI is InChI=1S/C19H16N2O2/c22-18-12-11-15(13-19(18)23)14-20-21(16-7-3-1-4-8-16)17-9-5-2-6-10-17/h1-14,22-23H/b20-14-. The molecule has 0 fully saturated rings. The molecule has 0 heterocycles. The Morgan fingerprint density at radius 1 is 0.696 bits per heavy atom. The molecule has 0 unspecified atom stereocenters. The van der Waals surface area contributed by atoms with Gasteiger partial charge in [0.25, 0.3) is 0 Å². The number of rotatable bonds is 4. The molecule has 4 nitrogen and oxygen atoms in total.